The molecule has 4 N–H and O–H groups in total. The minimum Gasteiger partial charge on any atom is -0.368 e. The van der Waals surface area contributed by atoms with Gasteiger partial charge in [-0.2, -0.15) is 0 Å². The first-order valence-electron chi connectivity index (χ1n) is 3.61. The number of nitrogens with two attached hydrogens (primary N) is 2. The molecule has 1 aliphatic carbocycles. The van der Waals surface area contributed by atoms with Crippen LogP contribution in [0.25, 0.3) is 0 Å². The van der Waals surface area contributed by atoms with Gasteiger partial charge in [0, 0.05) is 0 Å². The van der Waals surface area contributed by atoms with E-state index < -0.39 is 5.54 Å². The molecule has 0 aromatic heterocycles. The fraction of sp³-hybridized carbons (Fsp3) is 0.857. The first-order valence-corrected chi connectivity index (χ1v) is 3.61. The van der Waals surface area contributed by atoms with Gasteiger partial charge in [0.15, 0.2) is 0 Å². The Morgan fingerprint density at radius 3 is 2.50 bits per heavy atom. The summed E-state index contributed by atoms with van der Waals surface area (Å²) in [4.78, 5) is 10.7. The summed E-state index contributed by atoms with van der Waals surface area (Å²) in [6, 6.07) is 0. The molecule has 0 spiro atoms. The molecular weight excluding hydrogens is 128 g/mol. The number of carbonyl (C=O) groups excluding carboxylic acids is 1. The van der Waals surface area contributed by atoms with Crippen LogP contribution in [0.3, 0.4) is 0 Å². The number of carbonyl (C=O) groups is 1. The molecule has 58 valence electrons. The summed E-state index contributed by atoms with van der Waals surface area (Å²) >= 11 is 0. The van der Waals surface area contributed by atoms with Crippen LogP contribution in [0.15, 0.2) is 0 Å². The SMILES string of the molecule is CC(N)(CC1CC1)C(N)=O. The normalized spacial score (nSPS) is 23.8. The van der Waals surface area contributed by atoms with Crippen LogP contribution in [0.5, 0.6) is 0 Å². The Morgan fingerprint density at radius 1 is 1.70 bits per heavy atom. The number of rotatable bonds is 3. The highest BCUT2D eigenvalue weighted by Gasteiger charge is 2.34. The third kappa shape index (κ3) is 1.70. The van der Waals surface area contributed by atoms with Gasteiger partial charge in [-0.25, -0.2) is 0 Å². The summed E-state index contributed by atoms with van der Waals surface area (Å²) in [6.45, 7) is 1.70. The zero-order chi connectivity index (χ0) is 7.78. The summed E-state index contributed by atoms with van der Waals surface area (Å²) in [6.07, 6.45) is 3.17. The molecule has 0 heterocycles. The summed E-state index contributed by atoms with van der Waals surface area (Å²) in [5.74, 6) is 0.266. The Bertz CT molecular complexity index is 150. The van der Waals surface area contributed by atoms with Crippen molar-refractivity contribution < 1.29 is 4.79 Å². The first kappa shape index (κ1) is 7.54. The molecule has 3 heteroatoms. The van der Waals surface area contributed by atoms with E-state index in [2.05, 4.69) is 0 Å². The average molecular weight is 142 g/mol. The fourth-order valence-corrected chi connectivity index (χ4v) is 1.02. The lowest BCUT2D eigenvalue weighted by Gasteiger charge is -2.19. The van der Waals surface area contributed by atoms with E-state index in [9.17, 15) is 4.79 Å². The molecule has 1 amide bonds. The summed E-state index contributed by atoms with van der Waals surface area (Å²) < 4.78 is 0. The van der Waals surface area contributed by atoms with Crippen molar-refractivity contribution in [2.75, 3.05) is 0 Å². The van der Waals surface area contributed by atoms with E-state index in [0.29, 0.717) is 5.92 Å². The monoisotopic (exact) mass is 142 g/mol. The molecule has 0 aromatic carbocycles. The van der Waals surface area contributed by atoms with Gasteiger partial charge < -0.3 is 11.5 Å². The van der Waals surface area contributed by atoms with Crippen molar-refractivity contribution in [2.45, 2.75) is 31.7 Å². The minimum atomic E-state index is -0.777. The quantitative estimate of drug-likeness (QED) is 0.582. The molecule has 1 fully saturated rings. The van der Waals surface area contributed by atoms with E-state index in [0.717, 1.165) is 6.42 Å². The predicted molar refractivity (Wildman–Crippen MR) is 39.1 cm³/mol. The summed E-state index contributed by atoms with van der Waals surface area (Å²) in [5, 5.41) is 0. The van der Waals surface area contributed by atoms with Crippen molar-refractivity contribution in [1.82, 2.24) is 0 Å². The van der Waals surface area contributed by atoms with Crippen molar-refractivity contribution in [3.63, 3.8) is 0 Å². The highest BCUT2D eigenvalue weighted by Crippen LogP contribution is 2.35. The molecule has 0 aliphatic heterocycles. The van der Waals surface area contributed by atoms with Crippen molar-refractivity contribution in [3.8, 4) is 0 Å². The Hall–Kier alpha value is -0.570. The molecule has 10 heavy (non-hydrogen) atoms. The van der Waals surface area contributed by atoms with Gasteiger partial charge in [-0.15, -0.1) is 0 Å². The molecule has 1 atom stereocenters. The van der Waals surface area contributed by atoms with Crippen molar-refractivity contribution in [1.29, 1.82) is 0 Å². The van der Waals surface area contributed by atoms with Crippen LogP contribution in [0, 0.1) is 5.92 Å². The zero-order valence-electron chi connectivity index (χ0n) is 6.26. The zero-order valence-corrected chi connectivity index (χ0v) is 6.26. The van der Waals surface area contributed by atoms with Crippen LogP contribution < -0.4 is 11.5 Å². The van der Waals surface area contributed by atoms with Crippen molar-refractivity contribution in [3.05, 3.63) is 0 Å². The van der Waals surface area contributed by atoms with E-state index in [4.69, 9.17) is 11.5 Å². The molecule has 0 radical (unpaired) electrons. The van der Waals surface area contributed by atoms with Crippen LogP contribution in [0.1, 0.15) is 26.2 Å². The van der Waals surface area contributed by atoms with Gasteiger partial charge in [0.25, 0.3) is 0 Å². The van der Waals surface area contributed by atoms with Gasteiger partial charge in [0.1, 0.15) is 0 Å². The molecule has 1 unspecified atom stereocenters. The Kier molecular flexibility index (Phi) is 1.68. The number of hydrogen-bond acceptors (Lipinski definition) is 2. The van der Waals surface area contributed by atoms with E-state index >= 15 is 0 Å². The second-order valence-corrected chi connectivity index (χ2v) is 3.43. The Labute approximate surface area is 60.8 Å². The number of primary amides is 1. The topological polar surface area (TPSA) is 69.1 Å². The molecule has 0 aromatic rings. The fourth-order valence-electron chi connectivity index (χ4n) is 1.02. The highest BCUT2D eigenvalue weighted by atomic mass is 16.1. The minimum absolute atomic E-state index is 0.389. The number of amides is 1. The third-order valence-electron chi connectivity index (χ3n) is 1.97. The first-order chi connectivity index (χ1) is 4.52. The molecular formula is C7H14N2O. The Morgan fingerprint density at radius 2 is 2.20 bits per heavy atom. The van der Waals surface area contributed by atoms with Crippen LogP contribution in [0.2, 0.25) is 0 Å². The smallest absolute Gasteiger partial charge is 0.237 e. The van der Waals surface area contributed by atoms with Crippen LogP contribution >= 0.6 is 0 Å². The highest BCUT2D eigenvalue weighted by molar-refractivity contribution is 5.83. The third-order valence-corrected chi connectivity index (χ3v) is 1.97. The standard InChI is InChI=1S/C7H14N2O/c1-7(9,6(8)10)4-5-2-3-5/h5H,2-4,9H2,1H3,(H2,8,10). The second-order valence-electron chi connectivity index (χ2n) is 3.43. The predicted octanol–water partition coefficient (Wildman–Crippen LogP) is -0.0108. The average Bonchev–Trinajstić information content (AvgIpc) is 2.48. The maximum absolute atomic E-state index is 10.7. The van der Waals surface area contributed by atoms with Gasteiger partial charge in [0.2, 0.25) is 5.91 Å². The van der Waals surface area contributed by atoms with Gasteiger partial charge in [0.05, 0.1) is 5.54 Å². The Balaban J connectivity index is 2.40. The molecule has 1 aliphatic rings. The lowest BCUT2D eigenvalue weighted by atomic mass is 9.96. The van der Waals surface area contributed by atoms with E-state index in [1.54, 1.807) is 6.92 Å². The van der Waals surface area contributed by atoms with Crippen LogP contribution in [-0.2, 0) is 4.79 Å². The van der Waals surface area contributed by atoms with Crippen LogP contribution in [0.4, 0.5) is 0 Å². The maximum Gasteiger partial charge on any atom is 0.237 e. The van der Waals surface area contributed by atoms with Crippen LogP contribution in [-0.4, -0.2) is 11.4 Å². The molecule has 0 saturated heterocycles. The van der Waals surface area contributed by atoms with Gasteiger partial charge in [-0.3, -0.25) is 4.79 Å². The lowest BCUT2D eigenvalue weighted by Crippen LogP contribution is -2.49. The van der Waals surface area contributed by atoms with Crippen molar-refractivity contribution in [2.24, 2.45) is 17.4 Å². The summed E-state index contributed by atoms with van der Waals surface area (Å²) in [5.41, 5.74) is 9.93. The van der Waals surface area contributed by atoms with E-state index in [1.807, 2.05) is 0 Å². The van der Waals surface area contributed by atoms with Gasteiger partial charge in [-0.05, 0) is 19.3 Å². The van der Waals surface area contributed by atoms with E-state index in [1.165, 1.54) is 12.8 Å². The van der Waals surface area contributed by atoms with Crippen molar-refractivity contribution >= 4 is 5.91 Å². The van der Waals surface area contributed by atoms with Gasteiger partial charge >= 0.3 is 0 Å². The summed E-state index contributed by atoms with van der Waals surface area (Å²) in [7, 11) is 0. The van der Waals surface area contributed by atoms with Gasteiger partial charge in [-0.1, -0.05) is 12.8 Å². The molecule has 1 rings (SSSR count). The largest absolute Gasteiger partial charge is 0.368 e. The molecule has 0 bridgehead atoms. The lowest BCUT2D eigenvalue weighted by molar-refractivity contribution is -0.122. The molecule has 3 nitrogen and oxygen atoms in total. The number of hydrogen-bond donors (Lipinski definition) is 2. The maximum atomic E-state index is 10.7. The van der Waals surface area contributed by atoms with E-state index in [-0.39, 0.29) is 5.91 Å². The second kappa shape index (κ2) is 2.23. The molecule has 1 saturated carbocycles.